The second-order valence-electron chi connectivity index (χ2n) is 5.35. The molecule has 3 N–H and O–H groups in total. The molecule has 96 valence electrons. The highest BCUT2D eigenvalue weighted by Gasteiger charge is 2.27. The van der Waals surface area contributed by atoms with E-state index in [2.05, 4.69) is 40.4 Å². The molecule has 2 heterocycles. The monoisotopic (exact) mass is 236 g/mol. The topological polar surface area (TPSA) is 43.1 Å². The van der Waals surface area contributed by atoms with Gasteiger partial charge in [0.2, 0.25) is 0 Å². The molecular formula is C13H24N4. The summed E-state index contributed by atoms with van der Waals surface area (Å²) in [5.74, 6) is 0. The van der Waals surface area contributed by atoms with E-state index in [1.165, 1.54) is 5.69 Å². The molecule has 0 atom stereocenters. The van der Waals surface area contributed by atoms with E-state index in [9.17, 15) is 0 Å². The molecule has 4 heteroatoms. The lowest BCUT2D eigenvalue weighted by Crippen LogP contribution is -2.57. The highest BCUT2D eigenvalue weighted by atomic mass is 15.2. The van der Waals surface area contributed by atoms with E-state index < -0.39 is 0 Å². The number of aromatic amines is 1. The molecule has 1 aromatic rings. The molecule has 0 bridgehead atoms. The van der Waals surface area contributed by atoms with Crippen molar-refractivity contribution in [3.05, 3.63) is 24.0 Å². The Morgan fingerprint density at radius 2 is 2.12 bits per heavy atom. The van der Waals surface area contributed by atoms with Gasteiger partial charge in [-0.05, 0) is 26.0 Å². The van der Waals surface area contributed by atoms with Crippen LogP contribution >= 0.6 is 0 Å². The van der Waals surface area contributed by atoms with Gasteiger partial charge in [0, 0.05) is 56.7 Å². The van der Waals surface area contributed by atoms with Gasteiger partial charge >= 0.3 is 0 Å². The van der Waals surface area contributed by atoms with E-state index in [0.29, 0.717) is 0 Å². The van der Waals surface area contributed by atoms with Crippen LogP contribution in [0.3, 0.4) is 0 Å². The number of piperazine rings is 1. The fourth-order valence-electron chi connectivity index (χ4n) is 2.36. The molecule has 1 aliphatic heterocycles. The van der Waals surface area contributed by atoms with Crippen LogP contribution in [0, 0.1) is 0 Å². The highest BCUT2D eigenvalue weighted by Crippen LogP contribution is 2.13. The highest BCUT2D eigenvalue weighted by molar-refractivity contribution is 5.03. The number of hydrogen-bond donors (Lipinski definition) is 3. The zero-order valence-corrected chi connectivity index (χ0v) is 10.9. The SMILES string of the molecule is CC(C)(CNCc1ccc[nH]1)N1CCNCC1. The van der Waals surface area contributed by atoms with Crippen LogP contribution in [-0.2, 0) is 6.54 Å². The smallest absolute Gasteiger partial charge is 0.0357 e. The molecule has 0 unspecified atom stereocenters. The minimum atomic E-state index is 0.231. The molecule has 0 aliphatic carbocycles. The molecule has 0 spiro atoms. The first-order chi connectivity index (χ1) is 8.18. The van der Waals surface area contributed by atoms with Crippen molar-refractivity contribution in [2.75, 3.05) is 32.7 Å². The normalized spacial score (nSPS) is 18.5. The second kappa shape index (κ2) is 5.67. The lowest BCUT2D eigenvalue weighted by Gasteiger charge is -2.41. The van der Waals surface area contributed by atoms with Crippen LogP contribution in [0.4, 0.5) is 0 Å². The molecule has 0 amide bonds. The Labute approximate surface area is 104 Å². The van der Waals surface area contributed by atoms with E-state index in [-0.39, 0.29) is 5.54 Å². The molecule has 1 saturated heterocycles. The summed E-state index contributed by atoms with van der Waals surface area (Å²) in [5.41, 5.74) is 1.48. The van der Waals surface area contributed by atoms with Crippen LogP contribution < -0.4 is 10.6 Å². The number of hydrogen-bond acceptors (Lipinski definition) is 3. The van der Waals surface area contributed by atoms with Crippen LogP contribution in [0.5, 0.6) is 0 Å². The van der Waals surface area contributed by atoms with E-state index in [1.807, 2.05) is 12.3 Å². The predicted molar refractivity (Wildman–Crippen MR) is 71.0 cm³/mol. The third kappa shape index (κ3) is 3.56. The zero-order valence-electron chi connectivity index (χ0n) is 10.9. The van der Waals surface area contributed by atoms with E-state index in [4.69, 9.17) is 0 Å². The third-order valence-corrected chi connectivity index (χ3v) is 3.51. The Hall–Kier alpha value is -0.840. The molecule has 4 nitrogen and oxygen atoms in total. The van der Waals surface area contributed by atoms with Gasteiger partial charge in [-0.1, -0.05) is 0 Å². The lowest BCUT2D eigenvalue weighted by molar-refractivity contribution is 0.102. The van der Waals surface area contributed by atoms with Gasteiger partial charge in [-0.15, -0.1) is 0 Å². The quantitative estimate of drug-likeness (QED) is 0.708. The van der Waals surface area contributed by atoms with Crippen LogP contribution in [-0.4, -0.2) is 48.1 Å². The fraction of sp³-hybridized carbons (Fsp3) is 0.692. The van der Waals surface area contributed by atoms with Crippen molar-refractivity contribution >= 4 is 0 Å². The van der Waals surface area contributed by atoms with Crippen molar-refractivity contribution in [2.24, 2.45) is 0 Å². The molecule has 17 heavy (non-hydrogen) atoms. The van der Waals surface area contributed by atoms with E-state index >= 15 is 0 Å². The maximum Gasteiger partial charge on any atom is 0.0357 e. The summed E-state index contributed by atoms with van der Waals surface area (Å²) in [6.07, 6.45) is 1.97. The Morgan fingerprint density at radius 1 is 1.35 bits per heavy atom. The third-order valence-electron chi connectivity index (χ3n) is 3.51. The molecule has 1 aromatic heterocycles. The molecule has 1 fully saturated rings. The maximum atomic E-state index is 3.53. The van der Waals surface area contributed by atoms with Crippen molar-refractivity contribution in [3.8, 4) is 0 Å². The average molecular weight is 236 g/mol. The first-order valence-corrected chi connectivity index (χ1v) is 6.47. The van der Waals surface area contributed by atoms with Crippen LogP contribution in [0.15, 0.2) is 18.3 Å². The molecule has 0 aromatic carbocycles. The summed E-state index contributed by atoms with van der Waals surface area (Å²) in [6.45, 7) is 11.1. The molecule has 1 aliphatic rings. The van der Waals surface area contributed by atoms with Gasteiger partial charge in [0.05, 0.1) is 0 Å². The predicted octanol–water partition coefficient (Wildman–Crippen LogP) is 0.788. The Kier molecular flexibility index (Phi) is 4.20. The fourth-order valence-corrected chi connectivity index (χ4v) is 2.36. The largest absolute Gasteiger partial charge is 0.364 e. The number of nitrogens with one attached hydrogen (secondary N) is 3. The van der Waals surface area contributed by atoms with Gasteiger partial charge in [-0.2, -0.15) is 0 Å². The van der Waals surface area contributed by atoms with Gasteiger partial charge in [0.15, 0.2) is 0 Å². The van der Waals surface area contributed by atoms with Crippen LogP contribution in [0.2, 0.25) is 0 Å². The van der Waals surface area contributed by atoms with Crippen molar-refractivity contribution in [1.29, 1.82) is 0 Å². The number of nitrogens with zero attached hydrogens (tertiary/aromatic N) is 1. The van der Waals surface area contributed by atoms with Crippen molar-refractivity contribution in [2.45, 2.75) is 25.9 Å². The van der Waals surface area contributed by atoms with Crippen LogP contribution in [0.1, 0.15) is 19.5 Å². The number of aromatic nitrogens is 1. The zero-order chi connectivity index (χ0) is 12.1. The summed E-state index contributed by atoms with van der Waals surface area (Å²) in [5, 5.41) is 6.93. The summed E-state index contributed by atoms with van der Waals surface area (Å²) < 4.78 is 0. The standard InChI is InChI=1S/C13H24N4/c1-13(2,17-8-6-14-7-9-17)11-15-10-12-4-3-5-16-12/h3-5,14-16H,6-11H2,1-2H3. The summed E-state index contributed by atoms with van der Waals surface area (Å²) in [4.78, 5) is 5.78. The summed E-state index contributed by atoms with van der Waals surface area (Å²) in [6, 6.07) is 4.16. The molecule has 2 rings (SSSR count). The van der Waals surface area contributed by atoms with E-state index in [0.717, 1.165) is 39.3 Å². The van der Waals surface area contributed by atoms with Crippen molar-refractivity contribution in [3.63, 3.8) is 0 Å². The number of rotatable bonds is 5. The Balaban J connectivity index is 1.76. The summed E-state index contributed by atoms with van der Waals surface area (Å²) in [7, 11) is 0. The Bertz CT molecular complexity index is 312. The van der Waals surface area contributed by atoms with Gasteiger partial charge < -0.3 is 15.6 Å². The average Bonchev–Trinajstić information content (AvgIpc) is 2.83. The Morgan fingerprint density at radius 3 is 2.76 bits per heavy atom. The first kappa shape index (κ1) is 12.6. The van der Waals surface area contributed by atoms with Gasteiger partial charge in [-0.25, -0.2) is 0 Å². The lowest BCUT2D eigenvalue weighted by atomic mass is 10.0. The van der Waals surface area contributed by atoms with Crippen LogP contribution in [0.25, 0.3) is 0 Å². The first-order valence-electron chi connectivity index (χ1n) is 6.47. The van der Waals surface area contributed by atoms with E-state index in [1.54, 1.807) is 0 Å². The van der Waals surface area contributed by atoms with Crippen molar-refractivity contribution < 1.29 is 0 Å². The van der Waals surface area contributed by atoms with Gasteiger partial charge in [0.25, 0.3) is 0 Å². The molecule has 0 radical (unpaired) electrons. The van der Waals surface area contributed by atoms with Crippen molar-refractivity contribution in [1.82, 2.24) is 20.5 Å². The molecule has 0 saturated carbocycles. The minimum Gasteiger partial charge on any atom is -0.364 e. The summed E-state index contributed by atoms with van der Waals surface area (Å²) >= 11 is 0. The minimum absolute atomic E-state index is 0.231. The maximum absolute atomic E-state index is 3.53. The second-order valence-corrected chi connectivity index (χ2v) is 5.35. The molecular weight excluding hydrogens is 212 g/mol. The number of H-pyrrole nitrogens is 1. The van der Waals surface area contributed by atoms with Gasteiger partial charge in [0.1, 0.15) is 0 Å². The van der Waals surface area contributed by atoms with Gasteiger partial charge in [-0.3, -0.25) is 4.90 Å².